The zero-order valence-electron chi connectivity index (χ0n) is 11.9. The average molecular weight is 260 g/mol. The van der Waals surface area contributed by atoms with Gasteiger partial charge in [0, 0.05) is 16.6 Å². The maximum atomic E-state index is 10.9. The number of carboxylic acids is 1. The summed E-state index contributed by atoms with van der Waals surface area (Å²) in [6.07, 6.45) is 0. The van der Waals surface area contributed by atoms with E-state index in [1.54, 1.807) is 12.1 Å². The second-order valence-corrected chi connectivity index (χ2v) is 5.34. The summed E-state index contributed by atoms with van der Waals surface area (Å²) in [7, 11) is 4.25. The summed E-state index contributed by atoms with van der Waals surface area (Å²) in [5, 5.41) is 11.9. The van der Waals surface area contributed by atoms with E-state index in [-0.39, 0.29) is 5.56 Å². The number of carboxylic acid groups (broad SMARTS) is 1. The highest BCUT2D eigenvalue weighted by molar-refractivity contribution is 5.94. The third-order valence-corrected chi connectivity index (χ3v) is 3.71. The van der Waals surface area contributed by atoms with Crippen molar-refractivity contribution in [3.8, 4) is 0 Å². The molecule has 19 heavy (non-hydrogen) atoms. The highest BCUT2D eigenvalue weighted by Gasteiger charge is 2.12. The van der Waals surface area contributed by atoms with Crippen molar-refractivity contribution in [1.29, 1.82) is 0 Å². The van der Waals surface area contributed by atoms with Crippen molar-refractivity contribution in [3.05, 3.63) is 35.0 Å². The predicted molar refractivity (Wildman–Crippen MR) is 73.4 cm³/mol. The van der Waals surface area contributed by atoms with Gasteiger partial charge < -0.3 is 19.4 Å². The van der Waals surface area contributed by atoms with Crippen molar-refractivity contribution in [2.75, 3.05) is 20.6 Å². The molecule has 0 amide bonds. The smallest absolute Gasteiger partial charge is 0.0949 e. The number of aromatic carboxylic acids is 1. The topological polar surface area (TPSA) is 49.5 Å². The van der Waals surface area contributed by atoms with Crippen LogP contribution in [0.3, 0.4) is 0 Å². The zero-order valence-corrected chi connectivity index (χ0v) is 11.9. The van der Waals surface area contributed by atoms with E-state index in [1.165, 1.54) is 10.6 Å². The van der Waals surface area contributed by atoms with Gasteiger partial charge in [-0.3, -0.25) is 0 Å². The number of aryl methyl sites for hydroxylation is 1. The van der Waals surface area contributed by atoms with Crippen LogP contribution in [0.4, 0.5) is 0 Å². The first-order valence-corrected chi connectivity index (χ1v) is 6.51. The van der Waals surface area contributed by atoms with Crippen LogP contribution in [0.2, 0.25) is 0 Å². The summed E-state index contributed by atoms with van der Waals surface area (Å²) >= 11 is 0. The molecule has 0 aliphatic carbocycles. The zero-order chi connectivity index (χ0) is 14.2. The van der Waals surface area contributed by atoms with Gasteiger partial charge in [-0.05, 0) is 37.1 Å². The first kappa shape index (κ1) is 13.6. The third-order valence-electron chi connectivity index (χ3n) is 3.71. The van der Waals surface area contributed by atoms with Crippen molar-refractivity contribution in [2.24, 2.45) is 0 Å². The molecule has 0 unspecified atom stereocenters. The Morgan fingerprint density at radius 1 is 1.32 bits per heavy atom. The monoisotopic (exact) mass is 260 g/mol. The van der Waals surface area contributed by atoms with Crippen LogP contribution in [0.15, 0.2) is 18.2 Å². The summed E-state index contributed by atoms with van der Waals surface area (Å²) in [4.78, 5) is 12.3. The van der Waals surface area contributed by atoms with Gasteiger partial charge >= 0.3 is 0 Å². The Morgan fingerprint density at radius 2 is 2.00 bits per heavy atom. The van der Waals surface area contributed by atoms with Gasteiger partial charge in [-0.1, -0.05) is 6.07 Å². The number of carbonyl (C=O) groups is 1. The number of fused-ring (bicyclic) bond motifs is 1. The molecule has 0 saturated heterocycles. The normalized spacial score (nSPS) is 11.4. The number of aromatic nitrogens is 1. The van der Waals surface area contributed by atoms with Gasteiger partial charge in [-0.15, -0.1) is 0 Å². The number of nitrogens with zero attached hydrogens (tertiary/aromatic N) is 1. The van der Waals surface area contributed by atoms with E-state index in [0.29, 0.717) is 0 Å². The Hall–Kier alpha value is -1.81. The molecule has 0 atom stereocenters. The minimum absolute atomic E-state index is 0.242. The van der Waals surface area contributed by atoms with Gasteiger partial charge in [-0.2, -0.15) is 0 Å². The van der Waals surface area contributed by atoms with E-state index >= 15 is 0 Å². The lowest BCUT2D eigenvalue weighted by atomic mass is 10.1. The fourth-order valence-corrected chi connectivity index (χ4v) is 2.40. The number of hydrogen-bond donors (Lipinski definition) is 1. The summed E-state index contributed by atoms with van der Waals surface area (Å²) in [5.74, 6) is -1.12. The molecule has 1 N–H and O–H groups in total. The highest BCUT2D eigenvalue weighted by Crippen LogP contribution is 2.25. The van der Waals surface area contributed by atoms with Crippen LogP contribution in [-0.4, -0.2) is 31.2 Å². The van der Waals surface area contributed by atoms with Gasteiger partial charge in [0.05, 0.1) is 33.2 Å². The van der Waals surface area contributed by atoms with Crippen molar-refractivity contribution in [2.45, 2.75) is 20.4 Å². The molecule has 0 aliphatic rings. The van der Waals surface area contributed by atoms with Crippen LogP contribution in [0.1, 0.15) is 21.6 Å². The number of likely N-dealkylation sites (N-methyl/N-ethyl adjacent to an activating group) is 1. The van der Waals surface area contributed by atoms with Crippen LogP contribution in [0.5, 0.6) is 0 Å². The molecule has 102 valence electrons. The van der Waals surface area contributed by atoms with Gasteiger partial charge in [0.25, 0.3) is 0 Å². The molecule has 4 heteroatoms. The SMILES string of the molecule is Cc1c(C)n(CC[NH+](C)C)c2ccc(C(=O)[O-])cc12. The van der Waals surface area contributed by atoms with Crippen molar-refractivity contribution >= 4 is 16.9 Å². The van der Waals surface area contributed by atoms with Crippen molar-refractivity contribution < 1.29 is 14.8 Å². The van der Waals surface area contributed by atoms with Crippen LogP contribution in [0.25, 0.3) is 10.9 Å². The number of carbonyl (C=O) groups excluding carboxylic acids is 1. The minimum Gasteiger partial charge on any atom is -0.545 e. The molecule has 1 aromatic carbocycles. The summed E-state index contributed by atoms with van der Waals surface area (Å²) in [5.41, 5.74) is 3.69. The van der Waals surface area contributed by atoms with E-state index in [9.17, 15) is 9.90 Å². The first-order chi connectivity index (χ1) is 8.91. The van der Waals surface area contributed by atoms with Crippen LogP contribution in [-0.2, 0) is 6.54 Å². The number of nitrogens with one attached hydrogen (secondary N) is 1. The molecule has 0 bridgehead atoms. The number of quaternary nitrogens is 1. The average Bonchev–Trinajstić information content (AvgIpc) is 2.59. The summed E-state index contributed by atoms with van der Waals surface area (Å²) in [6, 6.07) is 5.22. The Kier molecular flexibility index (Phi) is 3.62. The standard InChI is InChI=1S/C15H20N2O2/c1-10-11(2)17(8-7-16(3)4)14-6-5-12(15(18)19)9-13(10)14/h5-6,9H,7-8H2,1-4H3,(H,18,19). The predicted octanol–water partition coefficient (Wildman–Crippen LogP) is -0.234. The van der Waals surface area contributed by atoms with Crippen LogP contribution in [0, 0.1) is 13.8 Å². The van der Waals surface area contributed by atoms with E-state index in [0.717, 1.165) is 29.6 Å². The minimum atomic E-state index is -1.12. The maximum Gasteiger partial charge on any atom is 0.0949 e. The molecule has 1 aromatic heterocycles. The van der Waals surface area contributed by atoms with Crippen molar-refractivity contribution in [3.63, 3.8) is 0 Å². The van der Waals surface area contributed by atoms with Crippen LogP contribution >= 0.6 is 0 Å². The Morgan fingerprint density at radius 3 is 2.58 bits per heavy atom. The molecular formula is C15H20N2O2. The first-order valence-electron chi connectivity index (χ1n) is 6.51. The van der Waals surface area contributed by atoms with Gasteiger partial charge in [0.1, 0.15) is 0 Å². The molecule has 1 heterocycles. The lowest BCUT2D eigenvalue weighted by molar-refractivity contribution is -0.858. The second kappa shape index (κ2) is 5.05. The highest BCUT2D eigenvalue weighted by atomic mass is 16.4. The second-order valence-electron chi connectivity index (χ2n) is 5.34. The van der Waals surface area contributed by atoms with Gasteiger partial charge in [0.2, 0.25) is 0 Å². The van der Waals surface area contributed by atoms with E-state index in [2.05, 4.69) is 25.6 Å². The fourth-order valence-electron chi connectivity index (χ4n) is 2.40. The molecule has 0 spiro atoms. The van der Waals surface area contributed by atoms with Gasteiger partial charge in [0.15, 0.2) is 0 Å². The summed E-state index contributed by atoms with van der Waals surface area (Å²) < 4.78 is 2.26. The Labute approximate surface area is 113 Å². The number of benzene rings is 1. The molecule has 0 radical (unpaired) electrons. The Balaban J connectivity index is 2.53. The maximum absolute atomic E-state index is 10.9. The molecule has 2 aromatic rings. The number of hydrogen-bond acceptors (Lipinski definition) is 2. The lowest BCUT2D eigenvalue weighted by Gasteiger charge is -2.11. The quantitative estimate of drug-likeness (QED) is 0.825. The molecular weight excluding hydrogens is 240 g/mol. The largest absolute Gasteiger partial charge is 0.545 e. The van der Waals surface area contributed by atoms with E-state index in [4.69, 9.17) is 0 Å². The molecule has 2 rings (SSSR count). The fraction of sp³-hybridized carbons (Fsp3) is 0.400. The lowest BCUT2D eigenvalue weighted by Crippen LogP contribution is -3.06. The molecule has 0 saturated carbocycles. The molecule has 4 nitrogen and oxygen atoms in total. The number of rotatable bonds is 4. The van der Waals surface area contributed by atoms with Gasteiger partial charge in [-0.25, -0.2) is 0 Å². The van der Waals surface area contributed by atoms with Crippen molar-refractivity contribution in [1.82, 2.24) is 4.57 Å². The molecule has 0 fully saturated rings. The summed E-state index contributed by atoms with van der Waals surface area (Å²) in [6.45, 7) is 6.09. The Bertz CT molecular complexity index is 627. The van der Waals surface area contributed by atoms with E-state index < -0.39 is 5.97 Å². The van der Waals surface area contributed by atoms with E-state index in [1.807, 2.05) is 13.0 Å². The molecule has 0 aliphatic heterocycles. The third kappa shape index (κ3) is 2.49. The van der Waals surface area contributed by atoms with Crippen LogP contribution < -0.4 is 10.0 Å².